The molecular weight excluding hydrogens is 234 g/mol. The molecule has 3 nitrogen and oxygen atoms in total. The molecule has 19 heavy (non-hydrogen) atoms. The molecule has 1 atom stereocenters. The minimum Gasteiger partial charge on any atom is -0.327 e. The molecule has 0 fully saturated rings. The zero-order chi connectivity index (χ0) is 13.8. The van der Waals surface area contributed by atoms with Crippen molar-refractivity contribution in [3.05, 3.63) is 52.8 Å². The molecule has 2 rings (SSSR count). The Labute approximate surface area is 115 Å². The van der Waals surface area contributed by atoms with E-state index in [2.05, 4.69) is 50.3 Å². The molecule has 1 aromatic carbocycles. The molecule has 1 unspecified atom stereocenters. The minimum absolute atomic E-state index is 0.235. The van der Waals surface area contributed by atoms with Gasteiger partial charge in [0.15, 0.2) is 0 Å². The lowest BCUT2D eigenvalue weighted by Gasteiger charge is -2.07. The van der Waals surface area contributed by atoms with Crippen LogP contribution in [0.25, 0.3) is 0 Å². The van der Waals surface area contributed by atoms with Crippen LogP contribution in [0, 0.1) is 13.8 Å². The standard InChI is InChI=1S/C16H23N3/c1-4-16(17)8-14-9-18-19(10-14)11-15-7-12(2)5-6-13(15)3/h5-7,9-10,16H,4,8,11,17H2,1-3H3. The lowest BCUT2D eigenvalue weighted by molar-refractivity contribution is 0.644. The molecule has 0 aliphatic rings. The fourth-order valence-corrected chi connectivity index (χ4v) is 2.19. The molecule has 0 bridgehead atoms. The second-order valence-electron chi connectivity index (χ2n) is 5.35. The van der Waals surface area contributed by atoms with E-state index in [0.717, 1.165) is 19.4 Å². The van der Waals surface area contributed by atoms with Gasteiger partial charge in [0.25, 0.3) is 0 Å². The van der Waals surface area contributed by atoms with E-state index in [1.807, 2.05) is 10.9 Å². The summed E-state index contributed by atoms with van der Waals surface area (Å²) < 4.78 is 2.00. The monoisotopic (exact) mass is 257 g/mol. The Hall–Kier alpha value is -1.61. The summed E-state index contributed by atoms with van der Waals surface area (Å²) >= 11 is 0. The molecule has 0 spiro atoms. The van der Waals surface area contributed by atoms with Crippen molar-refractivity contribution in [1.82, 2.24) is 9.78 Å². The van der Waals surface area contributed by atoms with Gasteiger partial charge in [-0.15, -0.1) is 0 Å². The van der Waals surface area contributed by atoms with Crippen LogP contribution in [0.1, 0.15) is 35.6 Å². The molecule has 2 N–H and O–H groups in total. The Morgan fingerprint density at radius 2 is 2.11 bits per heavy atom. The van der Waals surface area contributed by atoms with E-state index in [9.17, 15) is 0 Å². The lowest BCUT2D eigenvalue weighted by Crippen LogP contribution is -2.21. The molecule has 3 heteroatoms. The molecule has 0 aliphatic heterocycles. The van der Waals surface area contributed by atoms with Gasteiger partial charge in [0.2, 0.25) is 0 Å². The van der Waals surface area contributed by atoms with Crippen LogP contribution in [0.3, 0.4) is 0 Å². The Kier molecular flexibility index (Phi) is 4.38. The third-order valence-electron chi connectivity index (χ3n) is 3.55. The first kappa shape index (κ1) is 13.8. The zero-order valence-corrected chi connectivity index (χ0v) is 12.1. The van der Waals surface area contributed by atoms with Gasteiger partial charge < -0.3 is 5.73 Å². The molecule has 102 valence electrons. The third kappa shape index (κ3) is 3.67. The van der Waals surface area contributed by atoms with E-state index in [0.29, 0.717) is 0 Å². The highest BCUT2D eigenvalue weighted by atomic mass is 15.3. The van der Waals surface area contributed by atoms with Crippen molar-refractivity contribution in [2.75, 3.05) is 0 Å². The van der Waals surface area contributed by atoms with Crippen molar-refractivity contribution in [1.29, 1.82) is 0 Å². The SMILES string of the molecule is CCC(N)Cc1cnn(Cc2cc(C)ccc2C)c1. The van der Waals surface area contributed by atoms with Crippen molar-refractivity contribution in [3.8, 4) is 0 Å². The van der Waals surface area contributed by atoms with Gasteiger partial charge in [-0.1, -0.05) is 30.7 Å². The predicted molar refractivity (Wildman–Crippen MR) is 79.2 cm³/mol. The fourth-order valence-electron chi connectivity index (χ4n) is 2.19. The summed E-state index contributed by atoms with van der Waals surface area (Å²) in [6.45, 7) is 7.21. The number of benzene rings is 1. The van der Waals surface area contributed by atoms with Crippen molar-refractivity contribution >= 4 is 0 Å². The van der Waals surface area contributed by atoms with Crippen molar-refractivity contribution in [2.24, 2.45) is 5.73 Å². The van der Waals surface area contributed by atoms with Gasteiger partial charge in [0, 0.05) is 12.2 Å². The van der Waals surface area contributed by atoms with Crippen LogP contribution in [0.4, 0.5) is 0 Å². The van der Waals surface area contributed by atoms with Crippen LogP contribution < -0.4 is 5.73 Å². The number of aryl methyl sites for hydroxylation is 2. The number of aromatic nitrogens is 2. The van der Waals surface area contributed by atoms with Crippen molar-refractivity contribution in [2.45, 2.75) is 46.2 Å². The van der Waals surface area contributed by atoms with E-state index in [4.69, 9.17) is 5.73 Å². The van der Waals surface area contributed by atoms with Gasteiger partial charge in [0.05, 0.1) is 12.7 Å². The lowest BCUT2D eigenvalue weighted by atomic mass is 10.1. The van der Waals surface area contributed by atoms with Crippen LogP contribution in [-0.2, 0) is 13.0 Å². The maximum Gasteiger partial charge on any atom is 0.0662 e. The van der Waals surface area contributed by atoms with Crippen molar-refractivity contribution < 1.29 is 0 Å². The van der Waals surface area contributed by atoms with Crippen LogP contribution >= 0.6 is 0 Å². The normalized spacial score (nSPS) is 12.6. The highest BCUT2D eigenvalue weighted by Gasteiger charge is 2.05. The van der Waals surface area contributed by atoms with E-state index >= 15 is 0 Å². The molecule has 0 aliphatic carbocycles. The molecule has 1 heterocycles. The molecule has 1 aromatic heterocycles. The number of rotatable bonds is 5. The average Bonchev–Trinajstić information content (AvgIpc) is 2.81. The number of hydrogen-bond donors (Lipinski definition) is 1. The first-order chi connectivity index (χ1) is 9.08. The first-order valence-electron chi connectivity index (χ1n) is 6.91. The summed E-state index contributed by atoms with van der Waals surface area (Å²) in [5.74, 6) is 0. The summed E-state index contributed by atoms with van der Waals surface area (Å²) in [5, 5.41) is 4.43. The Morgan fingerprint density at radius 3 is 2.84 bits per heavy atom. The van der Waals surface area contributed by atoms with Gasteiger partial charge in [-0.2, -0.15) is 5.10 Å². The van der Waals surface area contributed by atoms with Gasteiger partial charge in [0.1, 0.15) is 0 Å². The predicted octanol–water partition coefficient (Wildman–Crippen LogP) is 2.83. The van der Waals surface area contributed by atoms with E-state index < -0.39 is 0 Å². The zero-order valence-electron chi connectivity index (χ0n) is 12.1. The smallest absolute Gasteiger partial charge is 0.0662 e. The van der Waals surface area contributed by atoms with Crippen LogP contribution in [0.5, 0.6) is 0 Å². The second-order valence-corrected chi connectivity index (χ2v) is 5.35. The average molecular weight is 257 g/mol. The molecule has 0 saturated heterocycles. The highest BCUT2D eigenvalue weighted by molar-refractivity contribution is 5.30. The summed E-state index contributed by atoms with van der Waals surface area (Å²) in [4.78, 5) is 0. The molecule has 2 aromatic rings. The van der Waals surface area contributed by atoms with Crippen LogP contribution in [-0.4, -0.2) is 15.8 Å². The number of nitrogens with zero attached hydrogens (tertiary/aromatic N) is 2. The summed E-state index contributed by atoms with van der Waals surface area (Å²) in [6.07, 6.45) is 5.95. The fraction of sp³-hybridized carbons (Fsp3) is 0.438. The molecule has 0 amide bonds. The minimum atomic E-state index is 0.235. The van der Waals surface area contributed by atoms with Gasteiger partial charge in [-0.3, -0.25) is 4.68 Å². The van der Waals surface area contributed by atoms with E-state index in [1.165, 1.54) is 22.3 Å². The summed E-state index contributed by atoms with van der Waals surface area (Å²) in [5.41, 5.74) is 11.1. The van der Waals surface area contributed by atoms with Crippen LogP contribution in [0.15, 0.2) is 30.6 Å². The number of hydrogen-bond acceptors (Lipinski definition) is 2. The van der Waals surface area contributed by atoms with E-state index in [1.54, 1.807) is 0 Å². The Bertz CT molecular complexity index is 543. The summed E-state index contributed by atoms with van der Waals surface area (Å²) in [7, 11) is 0. The largest absolute Gasteiger partial charge is 0.327 e. The highest BCUT2D eigenvalue weighted by Crippen LogP contribution is 2.13. The Morgan fingerprint density at radius 1 is 1.32 bits per heavy atom. The maximum atomic E-state index is 5.97. The molecule has 0 saturated carbocycles. The topological polar surface area (TPSA) is 43.8 Å². The first-order valence-corrected chi connectivity index (χ1v) is 6.91. The summed E-state index contributed by atoms with van der Waals surface area (Å²) in [6, 6.07) is 6.78. The Balaban J connectivity index is 2.09. The number of nitrogens with two attached hydrogens (primary N) is 1. The molecular formula is C16H23N3. The quantitative estimate of drug-likeness (QED) is 0.895. The second kappa shape index (κ2) is 6.02. The molecule has 0 radical (unpaired) electrons. The van der Waals surface area contributed by atoms with E-state index in [-0.39, 0.29) is 6.04 Å². The van der Waals surface area contributed by atoms with Crippen molar-refractivity contribution in [3.63, 3.8) is 0 Å². The van der Waals surface area contributed by atoms with Crippen LogP contribution in [0.2, 0.25) is 0 Å². The van der Waals surface area contributed by atoms with Gasteiger partial charge >= 0.3 is 0 Å². The maximum absolute atomic E-state index is 5.97. The van der Waals surface area contributed by atoms with Gasteiger partial charge in [-0.05, 0) is 43.4 Å². The van der Waals surface area contributed by atoms with Gasteiger partial charge in [-0.25, -0.2) is 0 Å². The third-order valence-corrected chi connectivity index (χ3v) is 3.55.